The molecule has 0 amide bonds. The highest BCUT2D eigenvalue weighted by Gasteiger charge is 2.25. The van der Waals surface area contributed by atoms with Gasteiger partial charge in [-0.25, -0.2) is 4.39 Å². The Hall–Kier alpha value is -0.960. The Morgan fingerprint density at radius 3 is 2.83 bits per heavy atom. The van der Waals surface area contributed by atoms with Gasteiger partial charge in [0.15, 0.2) is 0 Å². The van der Waals surface area contributed by atoms with Crippen molar-refractivity contribution in [2.24, 2.45) is 0 Å². The van der Waals surface area contributed by atoms with Crippen molar-refractivity contribution in [1.29, 1.82) is 5.26 Å². The molecule has 1 fully saturated rings. The zero-order chi connectivity index (χ0) is 13.0. The molecule has 1 aromatic rings. The van der Waals surface area contributed by atoms with Gasteiger partial charge in [0.05, 0.1) is 23.0 Å². The topological polar surface area (TPSA) is 39.1 Å². The molecule has 0 radical (unpaired) electrons. The molecule has 1 atom stereocenters. The highest BCUT2D eigenvalue weighted by molar-refractivity contribution is 9.10. The monoisotopic (exact) mass is 311 g/mol. The number of benzene rings is 1. The quantitative estimate of drug-likeness (QED) is 0.932. The van der Waals surface area contributed by atoms with Crippen LogP contribution in [0.5, 0.6) is 0 Å². The van der Waals surface area contributed by atoms with Gasteiger partial charge in [-0.3, -0.25) is 4.90 Å². The van der Waals surface area contributed by atoms with Crippen LogP contribution in [-0.4, -0.2) is 31.1 Å². The molecule has 1 saturated heterocycles. The van der Waals surface area contributed by atoms with Gasteiger partial charge in [-0.1, -0.05) is 12.1 Å². The molecule has 2 rings (SSSR count). The summed E-state index contributed by atoms with van der Waals surface area (Å²) in [6, 6.07) is 7.27. The van der Waals surface area contributed by atoms with Crippen molar-refractivity contribution in [2.45, 2.75) is 12.5 Å². The summed E-state index contributed by atoms with van der Waals surface area (Å²) < 4.78 is 14.6. The van der Waals surface area contributed by atoms with Crippen LogP contribution in [0.4, 0.5) is 4.39 Å². The lowest BCUT2D eigenvalue weighted by Crippen LogP contribution is -2.45. The van der Waals surface area contributed by atoms with E-state index in [-0.39, 0.29) is 11.9 Å². The number of nitriles is 1. The van der Waals surface area contributed by atoms with Crippen molar-refractivity contribution in [1.82, 2.24) is 10.2 Å². The van der Waals surface area contributed by atoms with E-state index < -0.39 is 0 Å². The standard InChI is InChI=1S/C13H15BrFN3/c14-11-3-1-2-10(13(11)15)12(4-5-16)18-8-6-17-7-9-18/h1-3,12,17H,4,6-9H2/t12-/m1/s1. The summed E-state index contributed by atoms with van der Waals surface area (Å²) in [6.07, 6.45) is 0.313. The fourth-order valence-electron chi connectivity index (χ4n) is 2.29. The van der Waals surface area contributed by atoms with Crippen molar-refractivity contribution in [3.63, 3.8) is 0 Å². The predicted octanol–water partition coefficient (Wildman–Crippen LogP) is 2.45. The molecule has 1 aliphatic heterocycles. The minimum absolute atomic E-state index is 0.158. The first kappa shape index (κ1) is 13.5. The van der Waals surface area contributed by atoms with Crippen LogP contribution in [0, 0.1) is 17.1 Å². The molecule has 18 heavy (non-hydrogen) atoms. The Bertz CT molecular complexity index is 452. The molecule has 1 aromatic carbocycles. The highest BCUT2D eigenvalue weighted by atomic mass is 79.9. The first-order chi connectivity index (χ1) is 8.74. The molecular formula is C13H15BrFN3. The van der Waals surface area contributed by atoms with E-state index in [0.717, 1.165) is 26.2 Å². The van der Waals surface area contributed by atoms with Crippen molar-refractivity contribution < 1.29 is 4.39 Å². The minimum Gasteiger partial charge on any atom is -0.314 e. The molecule has 0 bridgehead atoms. The zero-order valence-electron chi connectivity index (χ0n) is 10.00. The molecule has 5 heteroatoms. The van der Waals surface area contributed by atoms with Gasteiger partial charge in [0.2, 0.25) is 0 Å². The van der Waals surface area contributed by atoms with E-state index in [1.54, 1.807) is 12.1 Å². The minimum atomic E-state index is -0.253. The highest BCUT2D eigenvalue weighted by Crippen LogP contribution is 2.30. The van der Waals surface area contributed by atoms with Gasteiger partial charge in [0.1, 0.15) is 5.82 Å². The Morgan fingerprint density at radius 1 is 1.44 bits per heavy atom. The average Bonchev–Trinajstić information content (AvgIpc) is 2.41. The number of nitrogens with one attached hydrogen (secondary N) is 1. The molecule has 0 spiro atoms. The summed E-state index contributed by atoms with van der Waals surface area (Å²) in [5.74, 6) is -0.253. The molecule has 0 aliphatic carbocycles. The second kappa shape index (κ2) is 6.28. The van der Waals surface area contributed by atoms with E-state index in [2.05, 4.69) is 32.2 Å². The molecule has 0 saturated carbocycles. The average molecular weight is 312 g/mol. The van der Waals surface area contributed by atoms with E-state index in [4.69, 9.17) is 5.26 Å². The third kappa shape index (κ3) is 2.89. The second-order valence-electron chi connectivity index (χ2n) is 4.31. The Morgan fingerprint density at radius 2 is 2.17 bits per heavy atom. The van der Waals surface area contributed by atoms with Gasteiger partial charge in [-0.2, -0.15) is 5.26 Å². The van der Waals surface area contributed by atoms with Gasteiger partial charge < -0.3 is 5.32 Å². The lowest BCUT2D eigenvalue weighted by molar-refractivity contribution is 0.172. The summed E-state index contributed by atoms with van der Waals surface area (Å²) in [4.78, 5) is 2.17. The van der Waals surface area contributed by atoms with Gasteiger partial charge in [-0.15, -0.1) is 0 Å². The van der Waals surface area contributed by atoms with Crippen molar-refractivity contribution in [3.05, 3.63) is 34.1 Å². The maximum absolute atomic E-state index is 14.1. The maximum Gasteiger partial charge on any atom is 0.142 e. The molecule has 0 aromatic heterocycles. The van der Waals surface area contributed by atoms with Gasteiger partial charge in [0, 0.05) is 31.7 Å². The summed E-state index contributed by atoms with van der Waals surface area (Å²) >= 11 is 3.20. The molecule has 1 aliphatic rings. The van der Waals surface area contributed by atoms with Crippen LogP contribution in [0.15, 0.2) is 22.7 Å². The van der Waals surface area contributed by atoms with E-state index in [1.165, 1.54) is 0 Å². The number of halogens is 2. The van der Waals surface area contributed by atoms with E-state index >= 15 is 0 Å². The van der Waals surface area contributed by atoms with E-state index in [1.807, 2.05) is 6.07 Å². The number of hydrogen-bond donors (Lipinski definition) is 1. The maximum atomic E-state index is 14.1. The Kier molecular flexibility index (Phi) is 4.70. The zero-order valence-corrected chi connectivity index (χ0v) is 11.6. The number of hydrogen-bond acceptors (Lipinski definition) is 3. The van der Waals surface area contributed by atoms with Crippen LogP contribution in [-0.2, 0) is 0 Å². The van der Waals surface area contributed by atoms with Crippen LogP contribution in [0.1, 0.15) is 18.0 Å². The SMILES string of the molecule is N#CC[C@H](c1cccc(Br)c1F)N1CCNCC1. The fourth-order valence-corrected chi connectivity index (χ4v) is 2.68. The summed E-state index contributed by atoms with van der Waals surface area (Å²) in [6.45, 7) is 3.46. The molecule has 3 nitrogen and oxygen atoms in total. The van der Waals surface area contributed by atoms with Crippen molar-refractivity contribution in [3.8, 4) is 6.07 Å². The van der Waals surface area contributed by atoms with Crippen LogP contribution in [0.2, 0.25) is 0 Å². The third-order valence-corrected chi connectivity index (χ3v) is 3.83. The number of rotatable bonds is 3. The fraction of sp³-hybridized carbons (Fsp3) is 0.462. The lowest BCUT2D eigenvalue weighted by Gasteiger charge is -2.34. The summed E-state index contributed by atoms with van der Waals surface area (Å²) in [5, 5.41) is 12.2. The van der Waals surface area contributed by atoms with Crippen LogP contribution in [0.25, 0.3) is 0 Å². The Labute approximate surface area is 115 Å². The van der Waals surface area contributed by atoms with E-state index in [0.29, 0.717) is 16.5 Å². The largest absolute Gasteiger partial charge is 0.314 e. The van der Waals surface area contributed by atoms with Crippen LogP contribution >= 0.6 is 15.9 Å². The van der Waals surface area contributed by atoms with Gasteiger partial charge in [-0.05, 0) is 22.0 Å². The van der Waals surface area contributed by atoms with Crippen molar-refractivity contribution in [2.75, 3.05) is 26.2 Å². The van der Waals surface area contributed by atoms with Gasteiger partial charge in [0.25, 0.3) is 0 Å². The van der Waals surface area contributed by atoms with Crippen LogP contribution in [0.3, 0.4) is 0 Å². The molecule has 96 valence electrons. The normalized spacial score (nSPS) is 18.3. The molecule has 0 unspecified atom stereocenters. The summed E-state index contributed by atoms with van der Waals surface area (Å²) in [7, 11) is 0. The first-order valence-corrected chi connectivity index (χ1v) is 6.79. The third-order valence-electron chi connectivity index (χ3n) is 3.22. The number of nitrogens with zero attached hydrogens (tertiary/aromatic N) is 2. The smallest absolute Gasteiger partial charge is 0.142 e. The second-order valence-corrected chi connectivity index (χ2v) is 5.16. The molecule has 1 heterocycles. The lowest BCUT2D eigenvalue weighted by atomic mass is 10.0. The molecule has 1 N–H and O–H groups in total. The predicted molar refractivity (Wildman–Crippen MR) is 71.5 cm³/mol. The summed E-state index contributed by atoms with van der Waals surface area (Å²) in [5.41, 5.74) is 0.604. The van der Waals surface area contributed by atoms with E-state index in [9.17, 15) is 4.39 Å². The number of piperazine rings is 1. The first-order valence-electron chi connectivity index (χ1n) is 5.99. The Balaban J connectivity index is 2.28. The van der Waals surface area contributed by atoms with Gasteiger partial charge >= 0.3 is 0 Å². The van der Waals surface area contributed by atoms with Crippen molar-refractivity contribution >= 4 is 15.9 Å². The van der Waals surface area contributed by atoms with Crippen LogP contribution < -0.4 is 5.32 Å². The molecular weight excluding hydrogens is 297 g/mol.